The molecule has 1 unspecified atom stereocenters. The molecule has 0 radical (unpaired) electrons. The molecule has 0 saturated heterocycles. The molecule has 116 valence electrons. The predicted molar refractivity (Wildman–Crippen MR) is 93.8 cm³/mol. The molecule has 1 heterocycles. The minimum Gasteiger partial charge on any atom is -0.310 e. The number of aromatic nitrogens is 1. The lowest BCUT2D eigenvalue weighted by Crippen LogP contribution is -2.23. The Balaban J connectivity index is 2.82. The van der Waals surface area contributed by atoms with E-state index in [1.54, 1.807) is 0 Å². The molecule has 0 spiro atoms. The lowest BCUT2D eigenvalue weighted by Gasteiger charge is -2.18. The number of hydrogen-bond donors (Lipinski definition) is 1. The Kier molecular flexibility index (Phi) is 7.02. The molecule has 2 nitrogen and oxygen atoms in total. The Bertz CT molecular complexity index is 405. The van der Waals surface area contributed by atoms with E-state index >= 15 is 0 Å². The average molecular weight is 315 g/mol. The molecule has 1 atom stereocenters. The Morgan fingerprint density at radius 3 is 2.40 bits per heavy atom. The molecule has 0 amide bonds. The van der Waals surface area contributed by atoms with Crippen LogP contribution >= 0.6 is 23.1 Å². The molecule has 0 aliphatic carbocycles. The minimum absolute atomic E-state index is 0.129. The van der Waals surface area contributed by atoms with Crippen LogP contribution in [0.5, 0.6) is 0 Å². The fraction of sp³-hybridized carbons (Fsp3) is 0.812. The fourth-order valence-corrected chi connectivity index (χ4v) is 3.99. The SMILES string of the molecule is CCC(C)SCc1nc(C(C)(C)C)c(CNC(C)C)s1. The molecule has 0 aliphatic rings. The van der Waals surface area contributed by atoms with Crippen molar-refractivity contribution in [1.29, 1.82) is 0 Å². The van der Waals surface area contributed by atoms with Crippen LogP contribution in [0.4, 0.5) is 0 Å². The van der Waals surface area contributed by atoms with Crippen molar-refractivity contribution in [3.05, 3.63) is 15.6 Å². The van der Waals surface area contributed by atoms with Crippen molar-refractivity contribution in [2.75, 3.05) is 0 Å². The number of nitrogens with zero attached hydrogens (tertiary/aromatic N) is 1. The Morgan fingerprint density at radius 1 is 1.25 bits per heavy atom. The molecule has 0 fully saturated rings. The number of thioether (sulfide) groups is 1. The lowest BCUT2D eigenvalue weighted by molar-refractivity contribution is 0.545. The Hall–Kier alpha value is -0.0600. The van der Waals surface area contributed by atoms with E-state index in [0.29, 0.717) is 11.3 Å². The summed E-state index contributed by atoms with van der Waals surface area (Å²) in [6.45, 7) is 16.6. The van der Waals surface area contributed by atoms with Gasteiger partial charge in [-0.3, -0.25) is 0 Å². The highest BCUT2D eigenvalue weighted by molar-refractivity contribution is 7.99. The van der Waals surface area contributed by atoms with Gasteiger partial charge in [0.05, 0.1) is 5.69 Å². The van der Waals surface area contributed by atoms with Gasteiger partial charge in [0.25, 0.3) is 0 Å². The smallest absolute Gasteiger partial charge is 0.103 e. The van der Waals surface area contributed by atoms with Gasteiger partial charge in [0.15, 0.2) is 0 Å². The highest BCUT2D eigenvalue weighted by Gasteiger charge is 2.23. The van der Waals surface area contributed by atoms with E-state index in [9.17, 15) is 0 Å². The second kappa shape index (κ2) is 7.81. The highest BCUT2D eigenvalue weighted by atomic mass is 32.2. The van der Waals surface area contributed by atoms with Crippen molar-refractivity contribution in [2.24, 2.45) is 0 Å². The van der Waals surface area contributed by atoms with Crippen molar-refractivity contribution in [1.82, 2.24) is 10.3 Å². The molecule has 0 saturated carbocycles. The van der Waals surface area contributed by atoms with Gasteiger partial charge in [-0.2, -0.15) is 11.8 Å². The van der Waals surface area contributed by atoms with Gasteiger partial charge < -0.3 is 5.32 Å². The summed E-state index contributed by atoms with van der Waals surface area (Å²) in [6, 6.07) is 0.517. The van der Waals surface area contributed by atoms with E-state index in [1.807, 2.05) is 23.1 Å². The van der Waals surface area contributed by atoms with Crippen molar-refractivity contribution < 1.29 is 0 Å². The van der Waals surface area contributed by atoms with Crippen LogP contribution in [0.15, 0.2) is 0 Å². The van der Waals surface area contributed by atoms with E-state index in [1.165, 1.54) is 22.0 Å². The molecule has 1 N–H and O–H groups in total. The monoisotopic (exact) mass is 314 g/mol. The molecule has 0 bridgehead atoms. The van der Waals surface area contributed by atoms with Gasteiger partial charge in [-0.15, -0.1) is 11.3 Å². The van der Waals surface area contributed by atoms with Crippen molar-refractivity contribution in [3.63, 3.8) is 0 Å². The van der Waals surface area contributed by atoms with Crippen molar-refractivity contribution >= 4 is 23.1 Å². The average Bonchev–Trinajstić information content (AvgIpc) is 2.76. The summed E-state index contributed by atoms with van der Waals surface area (Å²) < 4.78 is 0. The molecular formula is C16H30N2S2. The van der Waals surface area contributed by atoms with Crippen LogP contribution in [0, 0.1) is 0 Å². The van der Waals surface area contributed by atoms with Crippen molar-refractivity contribution in [2.45, 2.75) is 83.9 Å². The van der Waals surface area contributed by atoms with Crippen LogP contribution in [0.2, 0.25) is 0 Å². The standard InChI is InChI=1S/C16H30N2S2/c1-8-12(4)19-10-14-18-15(16(5,6)7)13(20-14)9-17-11(2)3/h11-12,17H,8-10H2,1-7H3. The van der Waals surface area contributed by atoms with Crippen molar-refractivity contribution in [3.8, 4) is 0 Å². The van der Waals surface area contributed by atoms with E-state index in [2.05, 4.69) is 53.8 Å². The van der Waals surface area contributed by atoms with E-state index in [0.717, 1.165) is 12.3 Å². The summed E-state index contributed by atoms with van der Waals surface area (Å²) in [6.07, 6.45) is 1.23. The topological polar surface area (TPSA) is 24.9 Å². The molecule has 4 heteroatoms. The van der Waals surface area contributed by atoms with Gasteiger partial charge in [0.1, 0.15) is 5.01 Å². The van der Waals surface area contributed by atoms with Crippen LogP contribution in [0.1, 0.15) is 70.5 Å². The fourth-order valence-electron chi connectivity index (χ4n) is 1.80. The number of thiazole rings is 1. The lowest BCUT2D eigenvalue weighted by atomic mass is 9.91. The largest absolute Gasteiger partial charge is 0.310 e. The van der Waals surface area contributed by atoms with Gasteiger partial charge in [0, 0.05) is 33.9 Å². The first-order valence-electron chi connectivity index (χ1n) is 7.58. The van der Waals surface area contributed by atoms with Gasteiger partial charge in [-0.25, -0.2) is 4.98 Å². The van der Waals surface area contributed by atoms with E-state index in [-0.39, 0.29) is 5.41 Å². The van der Waals surface area contributed by atoms with Crippen LogP contribution in [0.3, 0.4) is 0 Å². The summed E-state index contributed by atoms with van der Waals surface area (Å²) in [4.78, 5) is 6.33. The van der Waals surface area contributed by atoms with Crippen LogP contribution in [-0.4, -0.2) is 16.3 Å². The van der Waals surface area contributed by atoms with Crippen LogP contribution < -0.4 is 5.32 Å². The van der Waals surface area contributed by atoms with Gasteiger partial charge in [-0.05, 0) is 6.42 Å². The molecule has 1 rings (SSSR count). The first-order chi connectivity index (χ1) is 9.24. The molecule has 20 heavy (non-hydrogen) atoms. The third-order valence-electron chi connectivity index (χ3n) is 3.19. The van der Waals surface area contributed by atoms with Crippen LogP contribution in [-0.2, 0) is 17.7 Å². The third-order valence-corrected chi connectivity index (χ3v) is 5.77. The zero-order chi connectivity index (χ0) is 15.3. The van der Waals surface area contributed by atoms with E-state index in [4.69, 9.17) is 4.98 Å². The number of rotatable bonds is 7. The Morgan fingerprint density at radius 2 is 1.90 bits per heavy atom. The summed E-state index contributed by atoms with van der Waals surface area (Å²) in [7, 11) is 0. The molecule has 0 aliphatic heterocycles. The molecule has 1 aromatic heterocycles. The maximum Gasteiger partial charge on any atom is 0.103 e. The zero-order valence-electron chi connectivity index (χ0n) is 14.0. The summed E-state index contributed by atoms with van der Waals surface area (Å²) in [5.41, 5.74) is 1.40. The normalized spacial score (nSPS) is 14.0. The van der Waals surface area contributed by atoms with Gasteiger partial charge >= 0.3 is 0 Å². The summed E-state index contributed by atoms with van der Waals surface area (Å²) in [5, 5.41) is 5.52. The van der Waals surface area contributed by atoms with Gasteiger partial charge in [-0.1, -0.05) is 48.5 Å². The minimum atomic E-state index is 0.129. The third kappa shape index (κ3) is 5.74. The maximum absolute atomic E-state index is 4.92. The number of hydrogen-bond acceptors (Lipinski definition) is 4. The predicted octanol–water partition coefficient (Wildman–Crippen LogP) is 4.97. The summed E-state index contributed by atoms with van der Waals surface area (Å²) in [5.74, 6) is 1.05. The van der Waals surface area contributed by atoms with Crippen LogP contribution in [0.25, 0.3) is 0 Å². The first kappa shape index (κ1) is 18.0. The first-order valence-corrected chi connectivity index (χ1v) is 9.44. The maximum atomic E-state index is 4.92. The second-order valence-corrected chi connectivity index (χ2v) is 9.29. The molecule has 1 aromatic rings. The van der Waals surface area contributed by atoms with Gasteiger partial charge in [0.2, 0.25) is 0 Å². The second-order valence-electron chi connectivity index (χ2n) is 6.69. The number of nitrogens with one attached hydrogen (secondary N) is 1. The highest BCUT2D eigenvalue weighted by Crippen LogP contribution is 2.32. The zero-order valence-corrected chi connectivity index (χ0v) is 15.7. The quantitative estimate of drug-likeness (QED) is 0.769. The summed E-state index contributed by atoms with van der Waals surface area (Å²) >= 11 is 3.90. The molecular weight excluding hydrogens is 284 g/mol. The van der Waals surface area contributed by atoms with E-state index < -0.39 is 0 Å². The molecule has 0 aromatic carbocycles. The Labute approximate surface area is 133 Å².